The fourth-order valence-corrected chi connectivity index (χ4v) is 2.18. The van der Waals surface area contributed by atoms with Gasteiger partial charge in [-0.05, 0) is 19.3 Å². The van der Waals surface area contributed by atoms with Crippen molar-refractivity contribution >= 4 is 23.5 Å². The fraction of sp³-hybridized carbons (Fsp3) is 0.667. The van der Waals surface area contributed by atoms with E-state index in [1.165, 1.54) is 0 Å². The van der Waals surface area contributed by atoms with E-state index in [2.05, 4.69) is 10.5 Å². The van der Waals surface area contributed by atoms with Crippen molar-refractivity contribution in [2.75, 3.05) is 19.6 Å². The minimum absolute atomic E-state index is 0.0843. The van der Waals surface area contributed by atoms with Crippen molar-refractivity contribution in [1.82, 2.24) is 10.2 Å². The van der Waals surface area contributed by atoms with Crippen LogP contribution in [0.5, 0.6) is 0 Å². The normalized spacial score (nSPS) is 21.9. The minimum Gasteiger partial charge on any atom is -0.477 e. The molecule has 2 amide bonds. The predicted molar refractivity (Wildman–Crippen MR) is 68.0 cm³/mol. The number of carbonyl (C=O) groups excluding carboxylic acids is 2. The first-order valence-electron chi connectivity index (χ1n) is 6.59. The van der Waals surface area contributed by atoms with Gasteiger partial charge in [0.05, 0.1) is 6.54 Å². The summed E-state index contributed by atoms with van der Waals surface area (Å²) in [5, 5.41) is 14.5. The molecular weight excluding hydrogens is 266 g/mol. The van der Waals surface area contributed by atoms with E-state index in [4.69, 9.17) is 9.94 Å². The second kappa shape index (κ2) is 6.36. The lowest BCUT2D eigenvalue weighted by molar-refractivity contribution is -0.137. The van der Waals surface area contributed by atoms with Crippen LogP contribution in [0.4, 0.5) is 0 Å². The van der Waals surface area contributed by atoms with E-state index in [1.807, 2.05) is 0 Å². The Morgan fingerprint density at radius 1 is 1.30 bits per heavy atom. The number of amides is 2. The third kappa shape index (κ3) is 3.46. The second-order valence-corrected chi connectivity index (χ2v) is 4.80. The summed E-state index contributed by atoms with van der Waals surface area (Å²) in [7, 11) is 0. The average molecular weight is 283 g/mol. The molecule has 2 aliphatic heterocycles. The summed E-state index contributed by atoms with van der Waals surface area (Å²) in [5.41, 5.74) is -0.187. The highest BCUT2D eigenvalue weighted by Gasteiger charge is 2.31. The van der Waals surface area contributed by atoms with Gasteiger partial charge in [0.25, 0.3) is 5.91 Å². The number of carbonyl (C=O) groups is 3. The Hall–Kier alpha value is -2.12. The van der Waals surface area contributed by atoms with Gasteiger partial charge < -0.3 is 20.2 Å². The number of aliphatic carboxylic acids is 1. The van der Waals surface area contributed by atoms with Crippen LogP contribution in [0.15, 0.2) is 5.16 Å². The Bertz CT molecular complexity index is 442. The van der Waals surface area contributed by atoms with E-state index < -0.39 is 18.0 Å². The number of oxime groups is 1. The van der Waals surface area contributed by atoms with E-state index in [-0.39, 0.29) is 24.6 Å². The lowest BCUT2D eigenvalue weighted by Crippen LogP contribution is -2.45. The molecule has 110 valence electrons. The molecule has 2 rings (SSSR count). The molecular formula is C12H17N3O5. The molecule has 1 atom stereocenters. The number of rotatable bonds is 4. The van der Waals surface area contributed by atoms with Crippen LogP contribution in [0.3, 0.4) is 0 Å². The maximum Gasteiger partial charge on any atom is 0.353 e. The van der Waals surface area contributed by atoms with Gasteiger partial charge in [0, 0.05) is 19.5 Å². The highest BCUT2D eigenvalue weighted by atomic mass is 16.6. The Balaban J connectivity index is 1.73. The van der Waals surface area contributed by atoms with Gasteiger partial charge in [-0.1, -0.05) is 5.16 Å². The molecule has 0 radical (unpaired) electrons. The number of carboxylic acid groups (broad SMARTS) is 1. The third-order valence-electron chi connectivity index (χ3n) is 3.33. The topological polar surface area (TPSA) is 108 Å². The van der Waals surface area contributed by atoms with Crippen LogP contribution in [0, 0.1) is 0 Å². The van der Waals surface area contributed by atoms with Crippen LogP contribution in [-0.4, -0.2) is 59.2 Å². The van der Waals surface area contributed by atoms with Gasteiger partial charge >= 0.3 is 5.97 Å². The minimum atomic E-state index is -1.20. The molecule has 0 spiro atoms. The second-order valence-electron chi connectivity index (χ2n) is 4.80. The lowest BCUT2D eigenvalue weighted by Gasteiger charge is -2.26. The van der Waals surface area contributed by atoms with Crippen LogP contribution in [0.2, 0.25) is 0 Å². The first-order chi connectivity index (χ1) is 9.58. The Morgan fingerprint density at radius 2 is 2.00 bits per heavy atom. The van der Waals surface area contributed by atoms with Gasteiger partial charge in [0.1, 0.15) is 0 Å². The Labute approximate surface area is 115 Å². The van der Waals surface area contributed by atoms with Gasteiger partial charge in [-0.3, -0.25) is 9.59 Å². The van der Waals surface area contributed by atoms with Crippen LogP contribution in [0.1, 0.15) is 25.7 Å². The average Bonchev–Trinajstić information content (AvgIpc) is 2.95. The third-order valence-corrected chi connectivity index (χ3v) is 3.33. The van der Waals surface area contributed by atoms with Crippen LogP contribution >= 0.6 is 0 Å². The summed E-state index contributed by atoms with van der Waals surface area (Å²) in [6, 6.07) is 0. The van der Waals surface area contributed by atoms with Gasteiger partial charge in [-0.15, -0.1) is 0 Å². The molecule has 1 unspecified atom stereocenters. The zero-order valence-electron chi connectivity index (χ0n) is 11.0. The smallest absolute Gasteiger partial charge is 0.353 e. The first-order valence-corrected chi connectivity index (χ1v) is 6.59. The molecule has 0 aliphatic carbocycles. The Kier molecular flexibility index (Phi) is 4.54. The molecule has 0 aromatic carbocycles. The van der Waals surface area contributed by atoms with Crippen LogP contribution < -0.4 is 5.32 Å². The van der Waals surface area contributed by atoms with Gasteiger partial charge in [-0.2, -0.15) is 0 Å². The molecule has 1 saturated heterocycles. The fourth-order valence-electron chi connectivity index (χ4n) is 2.18. The highest BCUT2D eigenvalue weighted by molar-refractivity contribution is 6.36. The van der Waals surface area contributed by atoms with E-state index >= 15 is 0 Å². The summed E-state index contributed by atoms with van der Waals surface area (Å²) in [5.74, 6) is -1.85. The summed E-state index contributed by atoms with van der Waals surface area (Å²) >= 11 is 0. The van der Waals surface area contributed by atoms with E-state index in [0.29, 0.717) is 0 Å². The largest absolute Gasteiger partial charge is 0.477 e. The lowest BCUT2D eigenvalue weighted by atomic mass is 10.1. The number of nitrogens with one attached hydrogen (secondary N) is 1. The highest BCUT2D eigenvalue weighted by Crippen LogP contribution is 2.11. The monoisotopic (exact) mass is 283 g/mol. The quantitative estimate of drug-likeness (QED) is 0.712. The summed E-state index contributed by atoms with van der Waals surface area (Å²) < 4.78 is 0. The van der Waals surface area contributed by atoms with Crippen molar-refractivity contribution in [3.63, 3.8) is 0 Å². The molecule has 0 aromatic rings. The standard InChI is InChI=1S/C12H17N3O5/c16-10(15-4-2-1-3-5-15)7-13-11(17)9-6-8(12(18)19)14-20-9/h9H,1-7H2,(H,13,17)(H,18,19). The number of carboxylic acids is 1. The van der Waals surface area contributed by atoms with Crippen LogP contribution in [0.25, 0.3) is 0 Å². The molecule has 8 nitrogen and oxygen atoms in total. The molecule has 2 heterocycles. The zero-order valence-corrected chi connectivity index (χ0v) is 11.0. The van der Waals surface area contributed by atoms with Crippen molar-refractivity contribution in [3.05, 3.63) is 0 Å². The summed E-state index contributed by atoms with van der Waals surface area (Å²) in [4.78, 5) is 40.7. The molecule has 0 bridgehead atoms. The number of nitrogens with zero attached hydrogens (tertiary/aromatic N) is 2. The van der Waals surface area contributed by atoms with Crippen molar-refractivity contribution in [3.8, 4) is 0 Å². The predicted octanol–water partition coefficient (Wildman–Crippen LogP) is -0.655. The van der Waals surface area contributed by atoms with Gasteiger partial charge in [0.15, 0.2) is 5.71 Å². The van der Waals surface area contributed by atoms with E-state index in [9.17, 15) is 14.4 Å². The number of likely N-dealkylation sites (tertiary alicyclic amines) is 1. The van der Waals surface area contributed by atoms with Gasteiger partial charge in [-0.25, -0.2) is 4.79 Å². The van der Waals surface area contributed by atoms with Gasteiger partial charge in [0.2, 0.25) is 12.0 Å². The summed E-state index contributed by atoms with van der Waals surface area (Å²) in [6.45, 7) is 1.35. The van der Waals surface area contributed by atoms with Crippen LogP contribution in [-0.2, 0) is 19.2 Å². The molecule has 20 heavy (non-hydrogen) atoms. The number of piperidine rings is 1. The number of hydrogen-bond donors (Lipinski definition) is 2. The SMILES string of the molecule is O=C(O)C1=NOC(C(=O)NCC(=O)N2CCCCC2)C1. The molecule has 8 heteroatoms. The summed E-state index contributed by atoms with van der Waals surface area (Å²) in [6.07, 6.45) is 2.05. The molecule has 0 aromatic heterocycles. The number of hydrogen-bond acceptors (Lipinski definition) is 5. The Morgan fingerprint density at radius 3 is 2.60 bits per heavy atom. The molecule has 2 N–H and O–H groups in total. The van der Waals surface area contributed by atoms with Crippen molar-refractivity contribution in [2.45, 2.75) is 31.8 Å². The van der Waals surface area contributed by atoms with E-state index in [1.54, 1.807) is 4.90 Å². The molecule has 1 fully saturated rings. The van der Waals surface area contributed by atoms with Crippen molar-refractivity contribution < 1.29 is 24.3 Å². The van der Waals surface area contributed by atoms with E-state index in [0.717, 1.165) is 32.4 Å². The van der Waals surface area contributed by atoms with Crippen molar-refractivity contribution in [1.29, 1.82) is 0 Å². The zero-order chi connectivity index (χ0) is 14.5. The molecule has 0 saturated carbocycles. The molecule has 2 aliphatic rings. The maximum atomic E-state index is 11.8. The van der Waals surface area contributed by atoms with Crippen molar-refractivity contribution in [2.24, 2.45) is 5.16 Å². The maximum absolute atomic E-state index is 11.8. The first kappa shape index (κ1) is 14.3.